The highest BCUT2D eigenvalue weighted by molar-refractivity contribution is 6.38. The zero-order valence-corrected chi connectivity index (χ0v) is 32.6. The molecule has 2 saturated carbocycles. The van der Waals surface area contributed by atoms with E-state index < -0.39 is 65.1 Å². The Kier molecular flexibility index (Phi) is 12.6. The van der Waals surface area contributed by atoms with Crippen LogP contribution >= 0.6 is 11.6 Å². The van der Waals surface area contributed by atoms with E-state index in [2.05, 4.69) is 36.2 Å². The van der Waals surface area contributed by atoms with Crippen LogP contribution in [0.1, 0.15) is 91.9 Å². The van der Waals surface area contributed by atoms with Crippen LogP contribution in [0.5, 0.6) is 5.88 Å². The van der Waals surface area contributed by atoms with Crippen LogP contribution in [0.2, 0.25) is 5.02 Å². The van der Waals surface area contributed by atoms with Crippen molar-refractivity contribution in [2.24, 2.45) is 11.3 Å². The average Bonchev–Trinajstić information content (AvgIpc) is 3.72. The largest absolute Gasteiger partial charge is 0.472 e. The Morgan fingerprint density at radius 1 is 1.02 bits per heavy atom. The van der Waals surface area contributed by atoms with E-state index in [1.54, 1.807) is 30.5 Å². The molecule has 0 bridgehead atoms. The molecule has 5 atom stereocenters. The van der Waals surface area contributed by atoms with E-state index in [0.29, 0.717) is 22.7 Å². The van der Waals surface area contributed by atoms with E-state index in [1.165, 1.54) is 11.1 Å². The Bertz CT molecular complexity index is 1820. The summed E-state index contributed by atoms with van der Waals surface area (Å²) in [6.45, 7) is 7.38. The summed E-state index contributed by atoms with van der Waals surface area (Å²) in [5, 5.41) is 12.2. The van der Waals surface area contributed by atoms with Crippen molar-refractivity contribution in [3.05, 3.63) is 41.7 Å². The van der Waals surface area contributed by atoms with Crippen molar-refractivity contribution in [2.45, 2.75) is 128 Å². The van der Waals surface area contributed by atoms with Crippen molar-refractivity contribution in [3.63, 3.8) is 0 Å². The third-order valence-corrected chi connectivity index (χ3v) is 10.7. The average molecular weight is 779 g/mol. The molecule has 2 aliphatic carbocycles. The number of nitrogens with zero attached hydrogens (tertiary/aromatic N) is 4. The van der Waals surface area contributed by atoms with Crippen molar-refractivity contribution >= 4 is 58.3 Å². The maximum absolute atomic E-state index is 14.8. The molecule has 0 unspecified atom stereocenters. The second-order valence-electron chi connectivity index (χ2n) is 15.9. The van der Waals surface area contributed by atoms with Crippen LogP contribution in [0.25, 0.3) is 11.2 Å². The smallest absolute Gasteiger partial charge is 0.297 e. The lowest BCUT2D eigenvalue weighted by Crippen LogP contribution is -2.61. The van der Waals surface area contributed by atoms with Gasteiger partial charge in [-0.15, -0.1) is 0 Å². The topological polar surface area (TPSA) is 198 Å². The number of amides is 4. The quantitative estimate of drug-likeness (QED) is 0.160. The van der Waals surface area contributed by atoms with Crippen LogP contribution in [0.4, 0.5) is 6.01 Å². The minimum atomic E-state index is -1.08. The molecule has 1 aliphatic heterocycles. The van der Waals surface area contributed by atoms with E-state index in [1.807, 2.05) is 27.7 Å². The van der Waals surface area contributed by atoms with E-state index in [0.717, 1.165) is 44.9 Å². The predicted octanol–water partition coefficient (Wildman–Crippen LogP) is 4.34. The number of rotatable bonds is 15. The highest BCUT2D eigenvalue weighted by Crippen LogP contribution is 2.32. The molecule has 0 aromatic carbocycles. The van der Waals surface area contributed by atoms with Gasteiger partial charge in [-0.25, -0.2) is 9.97 Å². The highest BCUT2D eigenvalue weighted by Gasteiger charge is 2.47. The molecule has 15 nitrogen and oxygen atoms in total. The third kappa shape index (κ3) is 10.1. The van der Waals surface area contributed by atoms with E-state index in [-0.39, 0.29) is 43.2 Å². The van der Waals surface area contributed by atoms with Gasteiger partial charge < -0.3 is 35.3 Å². The van der Waals surface area contributed by atoms with Gasteiger partial charge in [0, 0.05) is 30.9 Å². The van der Waals surface area contributed by atoms with Crippen molar-refractivity contribution in [3.8, 4) is 5.88 Å². The first kappa shape index (κ1) is 39.9. The van der Waals surface area contributed by atoms with Gasteiger partial charge in [-0.05, 0) is 61.6 Å². The summed E-state index contributed by atoms with van der Waals surface area (Å²) in [4.78, 5) is 83.6. The Morgan fingerprint density at radius 3 is 2.44 bits per heavy atom. The Labute approximate surface area is 325 Å². The van der Waals surface area contributed by atoms with E-state index >= 15 is 0 Å². The van der Waals surface area contributed by atoms with Crippen molar-refractivity contribution in [1.82, 2.24) is 35.8 Å². The van der Waals surface area contributed by atoms with Gasteiger partial charge in [0.25, 0.3) is 11.9 Å². The Balaban J connectivity index is 1.25. The number of nitrogens with one attached hydrogen (secondary N) is 4. The van der Waals surface area contributed by atoms with Gasteiger partial charge in [0.2, 0.25) is 35.0 Å². The van der Waals surface area contributed by atoms with Gasteiger partial charge in [0.05, 0.1) is 17.6 Å². The lowest BCUT2D eigenvalue weighted by Gasteiger charge is -2.37. The number of aromatic nitrogens is 3. The fourth-order valence-corrected chi connectivity index (χ4v) is 7.43. The van der Waals surface area contributed by atoms with Gasteiger partial charge in [0.15, 0.2) is 5.58 Å². The summed E-state index contributed by atoms with van der Waals surface area (Å²) in [5.41, 5.74) is 0.0850. The number of pyridine rings is 2. The van der Waals surface area contributed by atoms with E-state index in [4.69, 9.17) is 20.8 Å². The number of hydrogen-bond donors (Lipinski definition) is 4. The molecule has 3 fully saturated rings. The number of carbonyl (C=O) groups excluding carboxylic acids is 5. The molecule has 4 N–H and O–H groups in total. The lowest BCUT2D eigenvalue weighted by molar-refractivity contribution is -0.145. The molecule has 1 saturated heterocycles. The standard InChI is InChI=1S/C39H51ClN8O7/c1-5-10-26(31(49)36(52)43-24-15-16-24)44-34(50)27-19-25(54-29-17-14-23(40)20-42-29)21-48(27)37(53)32(39(2,3)4)46-35(51)30(22-11-7-6-8-12-22)45-38-47-33-28(55-38)13-9-18-41-33/h9,13-14,17-18,20,22,24-27,30,32H,5-8,10-12,15-16,19,21H2,1-4H3,(H,43,52)(H,44,50)(H,46,51)(H,41,45,47)/t25-,26+,27+,30+,32-/m1/s1. The molecule has 4 amide bonds. The molecular weight excluding hydrogens is 728 g/mol. The number of hydrogen-bond acceptors (Lipinski definition) is 11. The van der Waals surface area contributed by atoms with Gasteiger partial charge in [-0.1, -0.05) is 65.0 Å². The lowest BCUT2D eigenvalue weighted by atomic mass is 9.82. The number of oxazole rings is 1. The predicted molar refractivity (Wildman–Crippen MR) is 204 cm³/mol. The summed E-state index contributed by atoms with van der Waals surface area (Å²) < 4.78 is 12.0. The molecule has 3 aliphatic rings. The summed E-state index contributed by atoms with van der Waals surface area (Å²) in [7, 11) is 0. The van der Waals surface area contributed by atoms with Crippen LogP contribution in [0, 0.1) is 11.3 Å². The molecule has 3 aromatic heterocycles. The van der Waals surface area contributed by atoms with E-state index in [9.17, 15) is 24.0 Å². The fraction of sp³-hybridized carbons (Fsp3) is 0.590. The van der Waals surface area contributed by atoms with Crippen molar-refractivity contribution < 1.29 is 33.1 Å². The minimum Gasteiger partial charge on any atom is -0.472 e. The summed E-state index contributed by atoms with van der Waals surface area (Å²) in [6, 6.07) is 2.85. The summed E-state index contributed by atoms with van der Waals surface area (Å²) in [5.74, 6) is -2.74. The van der Waals surface area contributed by atoms with Crippen LogP contribution in [-0.2, 0) is 24.0 Å². The number of halogens is 1. The minimum absolute atomic E-state index is 0.00155. The first-order valence-electron chi connectivity index (χ1n) is 19.3. The number of anilines is 1. The molecule has 6 rings (SSSR count). The van der Waals surface area contributed by atoms with Gasteiger partial charge in [-0.2, -0.15) is 4.98 Å². The second kappa shape index (κ2) is 17.3. The molecule has 0 radical (unpaired) electrons. The molecule has 16 heteroatoms. The number of ketones is 1. The third-order valence-electron chi connectivity index (χ3n) is 10.4. The van der Waals surface area contributed by atoms with Crippen molar-refractivity contribution in [1.29, 1.82) is 0 Å². The number of fused-ring (bicyclic) bond motifs is 1. The monoisotopic (exact) mass is 778 g/mol. The summed E-state index contributed by atoms with van der Waals surface area (Å²) in [6.07, 6.45) is 9.47. The van der Waals surface area contributed by atoms with Crippen LogP contribution in [0.15, 0.2) is 41.1 Å². The molecular formula is C39H51ClN8O7. The Hall–Kier alpha value is -4.79. The molecule has 3 aromatic rings. The summed E-state index contributed by atoms with van der Waals surface area (Å²) >= 11 is 6.03. The number of Topliss-reactive ketones (excluding diaryl/α,β-unsaturated/α-hetero) is 1. The normalized spacial score (nSPS) is 20.6. The Morgan fingerprint density at radius 2 is 1.78 bits per heavy atom. The maximum Gasteiger partial charge on any atom is 0.297 e. The zero-order valence-electron chi connectivity index (χ0n) is 31.8. The maximum atomic E-state index is 14.8. The van der Waals surface area contributed by atoms with Crippen molar-refractivity contribution in [2.75, 3.05) is 11.9 Å². The zero-order chi connectivity index (χ0) is 39.3. The van der Waals surface area contributed by atoms with Crippen LogP contribution in [-0.4, -0.2) is 92.1 Å². The van der Waals surface area contributed by atoms with Gasteiger partial charge in [-0.3, -0.25) is 24.0 Å². The van der Waals surface area contributed by atoms with Crippen LogP contribution < -0.4 is 26.0 Å². The highest BCUT2D eigenvalue weighted by atomic mass is 35.5. The molecule has 296 valence electrons. The number of carbonyl (C=O) groups is 5. The van der Waals surface area contributed by atoms with Crippen LogP contribution in [0.3, 0.4) is 0 Å². The molecule has 0 spiro atoms. The number of likely N-dealkylation sites (tertiary alicyclic amines) is 1. The molecule has 55 heavy (non-hydrogen) atoms. The second-order valence-corrected chi connectivity index (χ2v) is 16.4. The fourth-order valence-electron chi connectivity index (χ4n) is 7.32. The number of ether oxygens (including phenoxy) is 1. The SMILES string of the molecule is CCC[C@H](NC(=O)[C@@H]1C[C@@H](Oc2ccc(Cl)cn2)CN1C(=O)[C@@H](NC(=O)[C@@H](Nc1nc2ncccc2o1)C1CCCCC1)C(C)(C)C)C(=O)C(=O)NC1CC1. The first-order chi connectivity index (χ1) is 26.3. The van der Waals surface area contributed by atoms with Gasteiger partial charge in [0.1, 0.15) is 24.2 Å². The molecule has 4 heterocycles. The first-order valence-corrected chi connectivity index (χ1v) is 19.7. The van der Waals surface area contributed by atoms with Gasteiger partial charge >= 0.3 is 0 Å².